The molecule has 0 spiro atoms. The molecule has 0 aromatic heterocycles. The fourth-order valence-corrected chi connectivity index (χ4v) is 3.58. The summed E-state index contributed by atoms with van der Waals surface area (Å²) in [6.07, 6.45) is 3.38. The summed E-state index contributed by atoms with van der Waals surface area (Å²) in [6, 6.07) is 4.26. The first-order valence-electron chi connectivity index (χ1n) is 6.86. The predicted octanol–water partition coefficient (Wildman–Crippen LogP) is 2.82. The van der Waals surface area contributed by atoms with Crippen LogP contribution in [0.15, 0.2) is 16.6 Å². The lowest BCUT2D eigenvalue weighted by molar-refractivity contribution is -0.00958. The molecule has 0 radical (unpaired) electrons. The topological polar surface area (TPSA) is 50.7 Å². The molecular formula is C15H22BrNO3. The highest BCUT2D eigenvalue weighted by atomic mass is 79.9. The van der Waals surface area contributed by atoms with Crippen LogP contribution >= 0.6 is 15.9 Å². The first-order chi connectivity index (χ1) is 9.55. The maximum Gasteiger partial charge on any atom is 0.142 e. The molecule has 112 valence electrons. The summed E-state index contributed by atoms with van der Waals surface area (Å²) in [5, 5.41) is 14.3. The van der Waals surface area contributed by atoms with Crippen molar-refractivity contribution in [1.82, 2.24) is 5.32 Å². The Balaban J connectivity index is 2.35. The standard InChI is InChI=1S/C15H22BrNO3/c1-17-10-6-8-15(18,9-7-10)11-4-5-12(19-2)13(16)14(11)20-3/h4-5,10,17-18H,6-9H2,1-3H3. The van der Waals surface area contributed by atoms with Crippen molar-refractivity contribution in [3.05, 3.63) is 22.2 Å². The number of halogens is 1. The smallest absolute Gasteiger partial charge is 0.142 e. The van der Waals surface area contributed by atoms with Crippen LogP contribution < -0.4 is 14.8 Å². The van der Waals surface area contributed by atoms with E-state index in [9.17, 15) is 5.11 Å². The Bertz CT molecular complexity index is 470. The van der Waals surface area contributed by atoms with Crippen molar-refractivity contribution in [3.8, 4) is 11.5 Å². The van der Waals surface area contributed by atoms with Gasteiger partial charge in [0, 0.05) is 11.6 Å². The fraction of sp³-hybridized carbons (Fsp3) is 0.600. The van der Waals surface area contributed by atoms with E-state index in [-0.39, 0.29) is 0 Å². The summed E-state index contributed by atoms with van der Waals surface area (Å²) >= 11 is 3.50. The van der Waals surface area contributed by atoms with Gasteiger partial charge in [0.15, 0.2) is 0 Å². The van der Waals surface area contributed by atoms with Gasteiger partial charge in [0.25, 0.3) is 0 Å². The molecular weight excluding hydrogens is 322 g/mol. The molecule has 0 unspecified atom stereocenters. The maximum absolute atomic E-state index is 11.0. The molecule has 2 N–H and O–H groups in total. The van der Waals surface area contributed by atoms with E-state index in [4.69, 9.17) is 9.47 Å². The number of hydrogen-bond donors (Lipinski definition) is 2. The summed E-state index contributed by atoms with van der Waals surface area (Å²) in [5.74, 6) is 1.37. The van der Waals surface area contributed by atoms with Gasteiger partial charge >= 0.3 is 0 Å². The van der Waals surface area contributed by atoms with Crippen molar-refractivity contribution in [2.24, 2.45) is 0 Å². The van der Waals surface area contributed by atoms with E-state index in [1.165, 1.54) is 0 Å². The Hall–Kier alpha value is -0.780. The predicted molar refractivity (Wildman–Crippen MR) is 82.5 cm³/mol. The van der Waals surface area contributed by atoms with Crippen LogP contribution in [0.1, 0.15) is 31.2 Å². The molecule has 1 aliphatic carbocycles. The highest BCUT2D eigenvalue weighted by molar-refractivity contribution is 9.10. The number of benzene rings is 1. The van der Waals surface area contributed by atoms with Crippen molar-refractivity contribution in [1.29, 1.82) is 0 Å². The van der Waals surface area contributed by atoms with Crippen LogP contribution in [-0.2, 0) is 5.60 Å². The minimum absolute atomic E-state index is 0.489. The first-order valence-corrected chi connectivity index (χ1v) is 7.65. The van der Waals surface area contributed by atoms with Crippen LogP contribution in [0.3, 0.4) is 0 Å². The van der Waals surface area contributed by atoms with E-state index in [2.05, 4.69) is 21.2 Å². The normalized spacial score (nSPS) is 26.4. The van der Waals surface area contributed by atoms with Crippen LogP contribution in [0.5, 0.6) is 11.5 Å². The molecule has 0 bridgehead atoms. The van der Waals surface area contributed by atoms with Crippen molar-refractivity contribution < 1.29 is 14.6 Å². The van der Waals surface area contributed by atoms with E-state index in [1.807, 2.05) is 19.2 Å². The summed E-state index contributed by atoms with van der Waals surface area (Å²) in [5.41, 5.74) is 0.00949. The van der Waals surface area contributed by atoms with Gasteiger partial charge < -0.3 is 19.9 Å². The van der Waals surface area contributed by atoms with Crippen molar-refractivity contribution in [3.63, 3.8) is 0 Å². The fourth-order valence-electron chi connectivity index (χ4n) is 2.92. The van der Waals surface area contributed by atoms with Crippen molar-refractivity contribution >= 4 is 15.9 Å². The lowest BCUT2D eigenvalue weighted by atomic mass is 9.77. The highest BCUT2D eigenvalue weighted by Crippen LogP contribution is 2.46. The molecule has 1 saturated carbocycles. The number of nitrogens with one attached hydrogen (secondary N) is 1. The zero-order valence-corrected chi connectivity index (χ0v) is 13.8. The van der Waals surface area contributed by atoms with Gasteiger partial charge in [-0.3, -0.25) is 0 Å². The van der Waals surface area contributed by atoms with Gasteiger partial charge in [0.05, 0.1) is 19.8 Å². The molecule has 1 aromatic rings. The minimum atomic E-state index is -0.826. The average Bonchev–Trinajstić information content (AvgIpc) is 2.47. The maximum atomic E-state index is 11.0. The van der Waals surface area contributed by atoms with Gasteiger partial charge in [-0.05, 0) is 60.8 Å². The molecule has 0 atom stereocenters. The Morgan fingerprint density at radius 2 is 1.90 bits per heavy atom. The molecule has 20 heavy (non-hydrogen) atoms. The van der Waals surface area contributed by atoms with Crippen LogP contribution in [0.2, 0.25) is 0 Å². The largest absolute Gasteiger partial charge is 0.495 e. The Morgan fingerprint density at radius 1 is 1.25 bits per heavy atom. The quantitative estimate of drug-likeness (QED) is 0.882. The van der Waals surface area contributed by atoms with Gasteiger partial charge in [-0.1, -0.05) is 0 Å². The highest BCUT2D eigenvalue weighted by Gasteiger charge is 2.37. The van der Waals surface area contributed by atoms with Crippen LogP contribution in [0.25, 0.3) is 0 Å². The van der Waals surface area contributed by atoms with Gasteiger partial charge in [0.1, 0.15) is 16.0 Å². The lowest BCUT2D eigenvalue weighted by Crippen LogP contribution is -2.38. The van der Waals surface area contributed by atoms with E-state index >= 15 is 0 Å². The number of methoxy groups -OCH3 is 2. The minimum Gasteiger partial charge on any atom is -0.495 e. The molecule has 1 aromatic carbocycles. The third kappa shape index (κ3) is 2.80. The molecule has 1 fully saturated rings. The van der Waals surface area contributed by atoms with Crippen LogP contribution in [-0.4, -0.2) is 32.4 Å². The monoisotopic (exact) mass is 343 g/mol. The number of aliphatic hydroxyl groups is 1. The van der Waals surface area contributed by atoms with Crippen LogP contribution in [0, 0.1) is 0 Å². The van der Waals surface area contributed by atoms with Crippen molar-refractivity contribution in [2.75, 3.05) is 21.3 Å². The molecule has 0 saturated heterocycles. The molecule has 5 heteroatoms. The van der Waals surface area contributed by atoms with E-state index in [1.54, 1.807) is 14.2 Å². The Labute approximate surface area is 128 Å². The average molecular weight is 344 g/mol. The van der Waals surface area contributed by atoms with Gasteiger partial charge in [-0.25, -0.2) is 0 Å². The summed E-state index contributed by atoms with van der Waals surface area (Å²) < 4.78 is 11.5. The molecule has 4 nitrogen and oxygen atoms in total. The van der Waals surface area contributed by atoms with E-state index < -0.39 is 5.60 Å². The molecule has 0 heterocycles. The lowest BCUT2D eigenvalue weighted by Gasteiger charge is -2.37. The molecule has 1 aliphatic rings. The number of ether oxygens (including phenoxy) is 2. The number of hydrogen-bond acceptors (Lipinski definition) is 4. The third-order valence-electron chi connectivity index (χ3n) is 4.21. The van der Waals surface area contributed by atoms with Gasteiger partial charge in [0.2, 0.25) is 0 Å². The summed E-state index contributed by atoms with van der Waals surface area (Å²) in [6.45, 7) is 0. The zero-order chi connectivity index (χ0) is 14.8. The zero-order valence-electron chi connectivity index (χ0n) is 12.2. The molecule has 0 aliphatic heterocycles. The SMILES string of the molecule is CNC1CCC(O)(c2ccc(OC)c(Br)c2OC)CC1. The molecule has 0 amide bonds. The summed E-state index contributed by atoms with van der Waals surface area (Å²) in [7, 11) is 5.21. The summed E-state index contributed by atoms with van der Waals surface area (Å²) in [4.78, 5) is 0. The second-order valence-electron chi connectivity index (χ2n) is 5.26. The van der Waals surface area contributed by atoms with Gasteiger partial charge in [-0.2, -0.15) is 0 Å². The second-order valence-corrected chi connectivity index (χ2v) is 6.05. The Morgan fingerprint density at radius 3 is 2.40 bits per heavy atom. The van der Waals surface area contributed by atoms with Crippen LogP contribution in [0.4, 0.5) is 0 Å². The van der Waals surface area contributed by atoms with Crippen molar-refractivity contribution in [2.45, 2.75) is 37.3 Å². The molecule has 2 rings (SSSR count). The third-order valence-corrected chi connectivity index (χ3v) is 4.96. The van der Waals surface area contributed by atoms with E-state index in [0.717, 1.165) is 35.7 Å². The van der Waals surface area contributed by atoms with Gasteiger partial charge in [-0.15, -0.1) is 0 Å². The Kier molecular flexibility index (Phi) is 4.94. The van der Waals surface area contributed by atoms with E-state index in [0.29, 0.717) is 17.5 Å². The first kappa shape index (κ1) is 15.6. The second kappa shape index (κ2) is 6.33. The number of rotatable bonds is 4.